The molecule has 0 unspecified atom stereocenters. The van der Waals surface area contributed by atoms with Crippen LogP contribution in [0.15, 0.2) is 65.8 Å². The van der Waals surface area contributed by atoms with Crippen LogP contribution in [0.4, 0.5) is 10.5 Å². The number of anilines is 1. The van der Waals surface area contributed by atoms with Gasteiger partial charge in [-0.3, -0.25) is 0 Å². The number of urea groups is 1. The Morgan fingerprint density at radius 3 is 2.64 bits per heavy atom. The van der Waals surface area contributed by atoms with Crippen LogP contribution in [0.1, 0.15) is 27.0 Å². The van der Waals surface area contributed by atoms with Gasteiger partial charge >= 0.3 is 12.0 Å². The molecular weight excluding hydrogens is 446 g/mol. The second-order valence-corrected chi connectivity index (χ2v) is 7.37. The molecule has 2 amide bonds. The van der Waals surface area contributed by atoms with Crippen molar-refractivity contribution in [1.82, 2.24) is 5.43 Å². The van der Waals surface area contributed by atoms with E-state index in [-0.39, 0.29) is 17.2 Å². The maximum Gasteiger partial charge on any atom is 0.339 e. The molecule has 0 heterocycles. The summed E-state index contributed by atoms with van der Waals surface area (Å²) in [6.07, 6.45) is 1.42. The molecule has 0 aliphatic rings. The number of carbonyl (C=O) groups excluding carboxylic acids is 1. The number of hydrogen-bond acceptors (Lipinski definition) is 5. The van der Waals surface area contributed by atoms with Gasteiger partial charge in [0.05, 0.1) is 23.9 Å². The largest absolute Gasteiger partial charge is 0.493 e. The molecule has 0 saturated carbocycles. The lowest BCUT2D eigenvalue weighted by Gasteiger charge is -2.13. The smallest absolute Gasteiger partial charge is 0.339 e. The van der Waals surface area contributed by atoms with Crippen molar-refractivity contribution in [2.24, 2.45) is 5.10 Å². The van der Waals surface area contributed by atoms with Crippen LogP contribution in [-0.4, -0.2) is 30.4 Å². The van der Waals surface area contributed by atoms with Crippen molar-refractivity contribution >= 4 is 35.5 Å². The number of methoxy groups -OCH3 is 1. The highest BCUT2D eigenvalue weighted by Crippen LogP contribution is 2.36. The number of aromatic carboxylic acids is 1. The first-order valence-electron chi connectivity index (χ1n) is 9.85. The topological polar surface area (TPSA) is 109 Å². The number of benzene rings is 3. The Morgan fingerprint density at radius 1 is 1.12 bits per heavy atom. The molecule has 33 heavy (non-hydrogen) atoms. The molecule has 0 aromatic heterocycles. The summed E-state index contributed by atoms with van der Waals surface area (Å²) in [6.45, 7) is 1.99. The van der Waals surface area contributed by atoms with E-state index in [1.54, 1.807) is 30.3 Å². The lowest BCUT2D eigenvalue weighted by atomic mass is 10.1. The number of carboxylic acid groups (broad SMARTS) is 1. The summed E-state index contributed by atoms with van der Waals surface area (Å²) >= 11 is 6.37. The van der Waals surface area contributed by atoms with Crippen LogP contribution < -0.4 is 20.2 Å². The Balaban J connectivity index is 1.66. The number of halogens is 1. The number of amides is 2. The van der Waals surface area contributed by atoms with Gasteiger partial charge < -0.3 is 19.9 Å². The van der Waals surface area contributed by atoms with Gasteiger partial charge in [0.25, 0.3) is 0 Å². The summed E-state index contributed by atoms with van der Waals surface area (Å²) in [4.78, 5) is 23.2. The van der Waals surface area contributed by atoms with Gasteiger partial charge in [0, 0.05) is 5.69 Å². The number of carboxylic acids is 1. The van der Waals surface area contributed by atoms with Gasteiger partial charge in [0.2, 0.25) is 0 Å². The predicted molar refractivity (Wildman–Crippen MR) is 127 cm³/mol. The molecular formula is C24H22ClN3O5. The molecule has 0 saturated heterocycles. The Morgan fingerprint density at radius 2 is 1.91 bits per heavy atom. The Hall–Kier alpha value is -4.04. The van der Waals surface area contributed by atoms with E-state index < -0.39 is 12.0 Å². The summed E-state index contributed by atoms with van der Waals surface area (Å²) in [5.41, 5.74) is 5.42. The maximum absolute atomic E-state index is 12.0. The van der Waals surface area contributed by atoms with Crippen LogP contribution >= 0.6 is 11.6 Å². The number of ether oxygens (including phenoxy) is 2. The van der Waals surface area contributed by atoms with Crippen LogP contribution in [-0.2, 0) is 6.61 Å². The quantitative estimate of drug-likeness (QED) is 0.316. The number of hydrogen-bond donors (Lipinski definition) is 3. The van der Waals surface area contributed by atoms with E-state index in [9.17, 15) is 9.59 Å². The normalized spacial score (nSPS) is 10.6. The lowest BCUT2D eigenvalue weighted by Crippen LogP contribution is -2.24. The summed E-state index contributed by atoms with van der Waals surface area (Å²) in [6, 6.07) is 16.6. The number of hydrazone groups is 1. The Labute approximate surface area is 195 Å². The molecule has 8 nitrogen and oxygen atoms in total. The average molecular weight is 468 g/mol. The highest BCUT2D eigenvalue weighted by atomic mass is 35.5. The first-order chi connectivity index (χ1) is 15.9. The average Bonchev–Trinajstić information content (AvgIpc) is 2.79. The van der Waals surface area contributed by atoms with Crippen molar-refractivity contribution in [2.45, 2.75) is 13.5 Å². The fourth-order valence-corrected chi connectivity index (χ4v) is 3.21. The maximum atomic E-state index is 12.0. The van der Waals surface area contributed by atoms with E-state index in [0.717, 1.165) is 5.56 Å². The molecule has 3 aromatic carbocycles. The fraction of sp³-hybridized carbons (Fsp3) is 0.125. The zero-order valence-corrected chi connectivity index (χ0v) is 18.7. The highest BCUT2D eigenvalue weighted by Gasteiger charge is 2.13. The van der Waals surface area contributed by atoms with Crippen molar-refractivity contribution in [3.8, 4) is 11.5 Å². The molecule has 0 bridgehead atoms. The summed E-state index contributed by atoms with van der Waals surface area (Å²) in [5.74, 6) is -0.345. The zero-order chi connectivity index (χ0) is 23.8. The summed E-state index contributed by atoms with van der Waals surface area (Å²) in [5, 5.41) is 16.0. The first kappa shape index (κ1) is 23.6. The molecule has 0 radical (unpaired) electrons. The molecule has 3 N–H and O–H groups in total. The molecule has 0 aliphatic carbocycles. The van der Waals surface area contributed by atoms with Crippen LogP contribution in [0.3, 0.4) is 0 Å². The van der Waals surface area contributed by atoms with Crippen molar-refractivity contribution < 1.29 is 24.2 Å². The number of carbonyl (C=O) groups is 2. The van der Waals surface area contributed by atoms with Crippen molar-refractivity contribution in [1.29, 1.82) is 0 Å². The monoisotopic (exact) mass is 467 g/mol. The number of para-hydroxylation sites is 1. The molecule has 0 fully saturated rings. The number of rotatable bonds is 8. The number of aryl methyl sites for hydroxylation is 1. The minimum Gasteiger partial charge on any atom is -0.493 e. The van der Waals surface area contributed by atoms with E-state index in [0.29, 0.717) is 28.3 Å². The molecule has 3 rings (SSSR count). The van der Waals surface area contributed by atoms with Gasteiger partial charge in [0.15, 0.2) is 11.5 Å². The number of nitrogens with one attached hydrogen (secondary N) is 2. The van der Waals surface area contributed by atoms with Crippen LogP contribution in [0.25, 0.3) is 0 Å². The molecule has 170 valence electrons. The molecule has 0 spiro atoms. The SMILES string of the molecule is COc1cc(C=NNC(=O)Nc2ccccc2C)cc(Cl)c1OCc1cccc(C(=O)O)c1. The van der Waals surface area contributed by atoms with Crippen LogP contribution in [0.2, 0.25) is 5.02 Å². The Kier molecular flexibility index (Phi) is 7.88. The van der Waals surface area contributed by atoms with Crippen LogP contribution in [0.5, 0.6) is 11.5 Å². The minimum absolute atomic E-state index is 0.102. The molecule has 9 heteroatoms. The minimum atomic E-state index is -1.02. The van der Waals surface area contributed by atoms with Crippen molar-refractivity contribution in [2.75, 3.05) is 12.4 Å². The third-order valence-corrected chi connectivity index (χ3v) is 4.86. The second-order valence-electron chi connectivity index (χ2n) is 6.97. The van der Waals surface area contributed by atoms with Gasteiger partial charge in [-0.25, -0.2) is 15.0 Å². The predicted octanol–water partition coefficient (Wildman–Crippen LogP) is 5.09. The Bertz CT molecular complexity index is 1200. The highest BCUT2D eigenvalue weighted by molar-refractivity contribution is 6.32. The van der Waals surface area contributed by atoms with E-state index in [4.69, 9.17) is 26.2 Å². The van der Waals surface area contributed by atoms with E-state index >= 15 is 0 Å². The van der Waals surface area contributed by atoms with Gasteiger partial charge in [-0.15, -0.1) is 0 Å². The zero-order valence-electron chi connectivity index (χ0n) is 18.0. The third-order valence-electron chi connectivity index (χ3n) is 4.58. The van der Waals surface area contributed by atoms with Gasteiger partial charge in [0.1, 0.15) is 6.61 Å². The lowest BCUT2D eigenvalue weighted by molar-refractivity contribution is 0.0696. The molecule has 0 aliphatic heterocycles. The van der Waals surface area contributed by atoms with Crippen LogP contribution in [0, 0.1) is 6.92 Å². The standard InChI is InChI=1S/C24H22ClN3O5/c1-15-6-3-4-9-20(15)27-24(31)28-26-13-17-11-19(25)22(21(12-17)32-2)33-14-16-7-5-8-18(10-16)23(29)30/h3-13H,14H2,1-2H3,(H,29,30)(H2,27,28,31). The summed E-state index contributed by atoms with van der Waals surface area (Å²) in [7, 11) is 1.47. The summed E-state index contributed by atoms with van der Waals surface area (Å²) < 4.78 is 11.2. The molecule has 0 atom stereocenters. The van der Waals surface area contributed by atoms with Gasteiger partial charge in [-0.2, -0.15) is 5.10 Å². The van der Waals surface area contributed by atoms with Crippen molar-refractivity contribution in [3.63, 3.8) is 0 Å². The second kappa shape index (κ2) is 11.0. The third kappa shape index (κ3) is 6.47. The first-order valence-corrected chi connectivity index (χ1v) is 10.2. The van der Waals surface area contributed by atoms with E-state index in [2.05, 4.69) is 15.8 Å². The fourth-order valence-electron chi connectivity index (χ4n) is 2.93. The van der Waals surface area contributed by atoms with E-state index in [1.165, 1.54) is 25.5 Å². The van der Waals surface area contributed by atoms with E-state index in [1.807, 2.05) is 25.1 Å². The molecule has 3 aromatic rings. The van der Waals surface area contributed by atoms with Crippen molar-refractivity contribution in [3.05, 3.63) is 87.9 Å². The number of nitrogens with zero attached hydrogens (tertiary/aromatic N) is 1. The van der Waals surface area contributed by atoms with Gasteiger partial charge in [-0.1, -0.05) is 41.9 Å². The van der Waals surface area contributed by atoms with Gasteiger partial charge in [-0.05, 0) is 53.9 Å².